The van der Waals surface area contributed by atoms with Crippen LogP contribution in [0.4, 0.5) is 0 Å². The maximum atomic E-state index is 9.77. The summed E-state index contributed by atoms with van der Waals surface area (Å²) in [6.07, 6.45) is 3.81. The average molecular weight is 274 g/mol. The largest absolute Gasteiger partial charge is 0.394 e. The second-order valence-electron chi connectivity index (χ2n) is 6.10. The predicted molar refractivity (Wildman–Crippen MR) is 74.5 cm³/mol. The van der Waals surface area contributed by atoms with E-state index >= 15 is 0 Å². The van der Waals surface area contributed by atoms with E-state index < -0.39 is 12.2 Å². The van der Waals surface area contributed by atoms with Gasteiger partial charge in [0.2, 0.25) is 0 Å². The van der Waals surface area contributed by atoms with Gasteiger partial charge in [0.15, 0.2) is 0 Å². The van der Waals surface area contributed by atoms with Crippen LogP contribution in [0.2, 0.25) is 0 Å². The Morgan fingerprint density at radius 2 is 1.89 bits per heavy atom. The summed E-state index contributed by atoms with van der Waals surface area (Å²) in [5.74, 6) is 0.876. The predicted octanol–water partition coefficient (Wildman–Crippen LogP) is 2.67. The number of aliphatic hydroxyl groups is 2. The fourth-order valence-electron chi connectivity index (χ4n) is 3.12. The van der Waals surface area contributed by atoms with E-state index in [1.165, 1.54) is 0 Å². The van der Waals surface area contributed by atoms with E-state index in [4.69, 9.17) is 14.9 Å². The lowest BCUT2D eigenvalue weighted by Gasteiger charge is -2.43. The first-order valence-corrected chi connectivity index (χ1v) is 7.63. The van der Waals surface area contributed by atoms with Crippen molar-refractivity contribution in [2.75, 3.05) is 6.61 Å². The van der Waals surface area contributed by atoms with E-state index in [2.05, 4.69) is 27.7 Å². The Morgan fingerprint density at radius 1 is 1.26 bits per heavy atom. The zero-order valence-corrected chi connectivity index (χ0v) is 12.8. The molecule has 0 amide bonds. The third-order valence-corrected chi connectivity index (χ3v) is 4.48. The number of hydrogen-bond donors (Lipinski definition) is 2. The Labute approximate surface area is 117 Å². The average Bonchev–Trinajstić information content (AvgIpc) is 2.43. The van der Waals surface area contributed by atoms with Crippen molar-refractivity contribution in [2.45, 2.75) is 77.6 Å². The van der Waals surface area contributed by atoms with Gasteiger partial charge in [0.1, 0.15) is 17.8 Å². The summed E-state index contributed by atoms with van der Waals surface area (Å²) in [6, 6.07) is 0. The maximum Gasteiger partial charge on any atom is 0.124 e. The van der Waals surface area contributed by atoms with Crippen LogP contribution in [0.25, 0.3) is 0 Å². The van der Waals surface area contributed by atoms with Gasteiger partial charge < -0.3 is 10.2 Å². The first kappa shape index (κ1) is 16.9. The fourth-order valence-corrected chi connectivity index (χ4v) is 3.12. The smallest absolute Gasteiger partial charge is 0.124 e. The molecule has 4 heteroatoms. The van der Waals surface area contributed by atoms with Gasteiger partial charge in [-0.3, -0.25) is 0 Å². The molecular formula is C15H30O4. The standard InChI is InChI=1S/C15H30O4/c1-5-11(6-2)8-15(4)9-12(7-3)14(18-19-15)13(17)10-16/h11-14,16-17H,5-10H2,1-4H3/t12-,13-,14+,15-/m1/s1. The third-order valence-electron chi connectivity index (χ3n) is 4.48. The summed E-state index contributed by atoms with van der Waals surface area (Å²) in [5.41, 5.74) is -0.275. The third kappa shape index (κ3) is 4.42. The van der Waals surface area contributed by atoms with E-state index in [-0.39, 0.29) is 18.1 Å². The molecule has 2 N–H and O–H groups in total. The first-order valence-electron chi connectivity index (χ1n) is 7.63. The van der Waals surface area contributed by atoms with Crippen molar-refractivity contribution in [1.82, 2.24) is 0 Å². The molecule has 0 spiro atoms. The Hall–Kier alpha value is -0.160. The van der Waals surface area contributed by atoms with Crippen molar-refractivity contribution in [2.24, 2.45) is 11.8 Å². The van der Waals surface area contributed by atoms with Crippen LogP contribution in [-0.2, 0) is 9.78 Å². The van der Waals surface area contributed by atoms with Crippen molar-refractivity contribution in [1.29, 1.82) is 0 Å². The van der Waals surface area contributed by atoms with Crippen LogP contribution < -0.4 is 0 Å². The molecule has 0 radical (unpaired) electrons. The molecule has 1 saturated heterocycles. The molecule has 1 rings (SSSR count). The maximum absolute atomic E-state index is 9.77. The van der Waals surface area contributed by atoms with Gasteiger partial charge >= 0.3 is 0 Å². The molecule has 1 fully saturated rings. The topological polar surface area (TPSA) is 58.9 Å². The Morgan fingerprint density at radius 3 is 2.37 bits per heavy atom. The second-order valence-corrected chi connectivity index (χ2v) is 6.10. The molecule has 0 unspecified atom stereocenters. The molecule has 19 heavy (non-hydrogen) atoms. The zero-order valence-electron chi connectivity index (χ0n) is 12.8. The summed E-state index contributed by atoms with van der Waals surface area (Å²) in [5, 5.41) is 18.8. The van der Waals surface area contributed by atoms with E-state index in [9.17, 15) is 5.11 Å². The number of rotatable bonds is 7. The summed E-state index contributed by atoms with van der Waals surface area (Å²) < 4.78 is 0. The van der Waals surface area contributed by atoms with Crippen LogP contribution in [0.15, 0.2) is 0 Å². The van der Waals surface area contributed by atoms with Crippen molar-refractivity contribution in [3.05, 3.63) is 0 Å². The van der Waals surface area contributed by atoms with Crippen LogP contribution in [-0.4, -0.2) is 34.6 Å². The van der Waals surface area contributed by atoms with Gasteiger partial charge in [-0.2, -0.15) is 0 Å². The van der Waals surface area contributed by atoms with Gasteiger partial charge in [0, 0.05) is 0 Å². The van der Waals surface area contributed by atoms with Crippen LogP contribution in [0.3, 0.4) is 0 Å². The van der Waals surface area contributed by atoms with Crippen molar-refractivity contribution in [3.63, 3.8) is 0 Å². The van der Waals surface area contributed by atoms with Gasteiger partial charge in [0.25, 0.3) is 0 Å². The van der Waals surface area contributed by atoms with Crippen LogP contribution in [0.1, 0.15) is 59.8 Å². The highest BCUT2D eigenvalue weighted by atomic mass is 17.2. The molecule has 0 aliphatic carbocycles. The molecule has 114 valence electrons. The van der Waals surface area contributed by atoms with Crippen LogP contribution in [0, 0.1) is 11.8 Å². The quantitative estimate of drug-likeness (QED) is 0.701. The fraction of sp³-hybridized carbons (Fsp3) is 1.00. The number of hydrogen-bond acceptors (Lipinski definition) is 4. The lowest BCUT2D eigenvalue weighted by molar-refractivity contribution is -0.430. The molecule has 0 aromatic rings. The molecule has 4 nitrogen and oxygen atoms in total. The van der Waals surface area contributed by atoms with Gasteiger partial charge in [-0.05, 0) is 31.6 Å². The normalized spacial score (nSPS) is 33.6. The number of aliphatic hydroxyl groups excluding tert-OH is 2. The molecule has 0 aromatic heterocycles. The minimum atomic E-state index is -0.859. The highest BCUT2D eigenvalue weighted by Gasteiger charge is 2.43. The van der Waals surface area contributed by atoms with Gasteiger partial charge in [-0.15, -0.1) is 0 Å². The Balaban J connectivity index is 2.66. The SMILES string of the molecule is CCC(CC)C[C@]1(C)C[C@@H](CC)[C@@H]([C@H](O)CO)OO1. The van der Waals surface area contributed by atoms with E-state index in [0.717, 1.165) is 32.1 Å². The van der Waals surface area contributed by atoms with E-state index in [0.29, 0.717) is 5.92 Å². The Kier molecular flexibility index (Phi) is 6.74. The van der Waals surface area contributed by atoms with Gasteiger partial charge in [-0.1, -0.05) is 40.0 Å². The van der Waals surface area contributed by atoms with Crippen molar-refractivity contribution >= 4 is 0 Å². The monoisotopic (exact) mass is 274 g/mol. The molecule has 0 saturated carbocycles. The first-order chi connectivity index (χ1) is 8.99. The lowest BCUT2D eigenvalue weighted by atomic mass is 9.78. The van der Waals surface area contributed by atoms with E-state index in [1.807, 2.05) is 0 Å². The Bertz CT molecular complexity index is 255. The van der Waals surface area contributed by atoms with Gasteiger partial charge in [-0.25, -0.2) is 9.78 Å². The highest BCUT2D eigenvalue weighted by Crippen LogP contribution is 2.39. The zero-order chi connectivity index (χ0) is 14.5. The van der Waals surface area contributed by atoms with Gasteiger partial charge in [0.05, 0.1) is 6.61 Å². The van der Waals surface area contributed by atoms with Crippen molar-refractivity contribution < 1.29 is 20.0 Å². The molecule has 1 aliphatic rings. The molecule has 1 heterocycles. The summed E-state index contributed by atoms with van der Waals surface area (Å²) in [6.45, 7) is 8.31. The summed E-state index contributed by atoms with van der Waals surface area (Å²) in [4.78, 5) is 11.0. The summed E-state index contributed by atoms with van der Waals surface area (Å²) >= 11 is 0. The molecule has 4 atom stereocenters. The molecule has 1 aliphatic heterocycles. The van der Waals surface area contributed by atoms with E-state index in [1.54, 1.807) is 0 Å². The minimum Gasteiger partial charge on any atom is -0.394 e. The molecular weight excluding hydrogens is 244 g/mol. The van der Waals surface area contributed by atoms with Crippen molar-refractivity contribution in [3.8, 4) is 0 Å². The van der Waals surface area contributed by atoms with Crippen LogP contribution in [0.5, 0.6) is 0 Å². The lowest BCUT2D eigenvalue weighted by Crippen LogP contribution is -2.49. The summed E-state index contributed by atoms with van der Waals surface area (Å²) in [7, 11) is 0. The highest BCUT2D eigenvalue weighted by molar-refractivity contribution is 4.88. The molecule has 0 bridgehead atoms. The second kappa shape index (κ2) is 7.58. The minimum absolute atomic E-state index is 0.232. The van der Waals surface area contributed by atoms with Crippen LogP contribution >= 0.6 is 0 Å². The molecule has 0 aromatic carbocycles.